The normalized spacial score (nSPS) is 25.3. The Kier molecular flexibility index (Phi) is 5.32. The number of rotatable bonds is 5. The summed E-state index contributed by atoms with van der Waals surface area (Å²) in [4.78, 5) is 13.4. The molecular formula is C11H22N2O4. The first-order chi connectivity index (χ1) is 7.99. The SMILES string of the molecule is CNCC1CN(CC(C)(O)C(=O)OC)CCO1. The van der Waals surface area contributed by atoms with Crippen molar-refractivity contribution in [3.8, 4) is 0 Å². The van der Waals surface area contributed by atoms with E-state index in [9.17, 15) is 9.90 Å². The maximum Gasteiger partial charge on any atom is 0.338 e. The van der Waals surface area contributed by atoms with E-state index in [1.807, 2.05) is 11.9 Å². The lowest BCUT2D eigenvalue weighted by atomic mass is 10.1. The van der Waals surface area contributed by atoms with Crippen LogP contribution in [0.3, 0.4) is 0 Å². The molecule has 2 atom stereocenters. The zero-order chi connectivity index (χ0) is 12.9. The minimum Gasteiger partial charge on any atom is -0.467 e. The zero-order valence-electron chi connectivity index (χ0n) is 10.7. The molecule has 0 spiro atoms. The van der Waals surface area contributed by atoms with E-state index in [1.165, 1.54) is 14.0 Å². The molecule has 0 saturated carbocycles. The number of hydrogen-bond acceptors (Lipinski definition) is 6. The fraction of sp³-hybridized carbons (Fsp3) is 0.909. The predicted molar refractivity (Wildman–Crippen MR) is 62.7 cm³/mol. The van der Waals surface area contributed by atoms with E-state index in [-0.39, 0.29) is 12.6 Å². The van der Waals surface area contributed by atoms with E-state index < -0.39 is 11.6 Å². The number of carbonyl (C=O) groups is 1. The Morgan fingerprint density at radius 2 is 2.41 bits per heavy atom. The number of methoxy groups -OCH3 is 1. The number of esters is 1. The van der Waals surface area contributed by atoms with Gasteiger partial charge in [-0.25, -0.2) is 4.79 Å². The molecule has 0 aliphatic carbocycles. The Morgan fingerprint density at radius 3 is 3.00 bits per heavy atom. The standard InChI is InChI=1S/C11H22N2O4/c1-11(15,10(14)16-3)8-13-4-5-17-9(7-13)6-12-2/h9,12,15H,4-8H2,1-3H3. The molecule has 0 amide bonds. The van der Waals surface area contributed by atoms with Gasteiger partial charge in [-0.15, -0.1) is 0 Å². The molecule has 100 valence electrons. The number of ether oxygens (including phenoxy) is 2. The number of likely N-dealkylation sites (N-methyl/N-ethyl adjacent to an activating group) is 1. The van der Waals surface area contributed by atoms with Crippen LogP contribution in [0.5, 0.6) is 0 Å². The smallest absolute Gasteiger partial charge is 0.338 e. The van der Waals surface area contributed by atoms with E-state index in [2.05, 4.69) is 10.1 Å². The molecule has 0 aromatic heterocycles. The molecule has 0 aromatic rings. The van der Waals surface area contributed by atoms with Crippen molar-refractivity contribution in [1.29, 1.82) is 0 Å². The van der Waals surface area contributed by atoms with E-state index in [1.54, 1.807) is 0 Å². The molecule has 0 radical (unpaired) electrons. The summed E-state index contributed by atoms with van der Waals surface area (Å²) in [6.07, 6.45) is 0.0993. The van der Waals surface area contributed by atoms with Crippen LogP contribution in [0.25, 0.3) is 0 Å². The lowest BCUT2D eigenvalue weighted by Crippen LogP contribution is -2.53. The number of aliphatic hydroxyl groups is 1. The van der Waals surface area contributed by atoms with Crippen molar-refractivity contribution in [2.45, 2.75) is 18.6 Å². The molecule has 1 aliphatic rings. The Bertz CT molecular complexity index is 256. The minimum atomic E-state index is -1.46. The number of nitrogens with one attached hydrogen (secondary N) is 1. The molecule has 2 N–H and O–H groups in total. The number of morpholine rings is 1. The number of carbonyl (C=O) groups excluding carboxylic acids is 1. The molecule has 1 heterocycles. The summed E-state index contributed by atoms with van der Waals surface area (Å²) in [6.45, 7) is 4.53. The summed E-state index contributed by atoms with van der Waals surface area (Å²) in [5.41, 5.74) is -1.46. The average molecular weight is 246 g/mol. The van der Waals surface area contributed by atoms with Gasteiger partial charge in [0.2, 0.25) is 0 Å². The van der Waals surface area contributed by atoms with Gasteiger partial charge in [-0.05, 0) is 14.0 Å². The first-order valence-corrected chi connectivity index (χ1v) is 5.79. The number of hydrogen-bond donors (Lipinski definition) is 2. The van der Waals surface area contributed by atoms with Crippen molar-refractivity contribution in [2.24, 2.45) is 0 Å². The third-order valence-electron chi connectivity index (χ3n) is 2.81. The molecule has 0 bridgehead atoms. The van der Waals surface area contributed by atoms with Crippen molar-refractivity contribution in [1.82, 2.24) is 10.2 Å². The first kappa shape index (κ1) is 14.4. The molecule has 6 heteroatoms. The molecule has 1 rings (SSSR count). The number of nitrogens with zero attached hydrogens (tertiary/aromatic N) is 1. The van der Waals surface area contributed by atoms with Gasteiger partial charge in [0.05, 0.1) is 19.8 Å². The van der Waals surface area contributed by atoms with Crippen LogP contribution in [-0.2, 0) is 14.3 Å². The maximum atomic E-state index is 11.4. The van der Waals surface area contributed by atoms with Crippen molar-refractivity contribution in [2.75, 3.05) is 46.9 Å². The van der Waals surface area contributed by atoms with Gasteiger partial charge in [0, 0.05) is 26.2 Å². The van der Waals surface area contributed by atoms with Gasteiger partial charge < -0.3 is 19.9 Å². The van der Waals surface area contributed by atoms with Crippen LogP contribution in [0.1, 0.15) is 6.92 Å². The van der Waals surface area contributed by atoms with Gasteiger partial charge >= 0.3 is 5.97 Å². The lowest BCUT2D eigenvalue weighted by molar-refractivity contribution is -0.164. The Balaban J connectivity index is 2.47. The summed E-state index contributed by atoms with van der Waals surface area (Å²) < 4.78 is 10.1. The number of β-amino-alcohol motifs (C(OH)–C–C–N with tert-alkyl or cyclic N) is 1. The molecule has 1 saturated heterocycles. The third kappa shape index (κ3) is 4.23. The minimum absolute atomic E-state index is 0.0993. The van der Waals surface area contributed by atoms with Gasteiger partial charge in [0.25, 0.3) is 0 Å². The van der Waals surface area contributed by atoms with Crippen LogP contribution < -0.4 is 5.32 Å². The monoisotopic (exact) mass is 246 g/mol. The van der Waals surface area contributed by atoms with Crippen molar-refractivity contribution < 1.29 is 19.4 Å². The second kappa shape index (κ2) is 6.30. The van der Waals surface area contributed by atoms with E-state index >= 15 is 0 Å². The van der Waals surface area contributed by atoms with E-state index in [0.717, 1.165) is 6.54 Å². The first-order valence-electron chi connectivity index (χ1n) is 5.79. The van der Waals surface area contributed by atoms with Crippen LogP contribution >= 0.6 is 0 Å². The van der Waals surface area contributed by atoms with Gasteiger partial charge in [-0.3, -0.25) is 4.90 Å². The Morgan fingerprint density at radius 1 is 1.71 bits per heavy atom. The fourth-order valence-corrected chi connectivity index (χ4v) is 2.00. The Labute approximate surface area is 102 Å². The van der Waals surface area contributed by atoms with Crippen LogP contribution in [-0.4, -0.2) is 74.6 Å². The summed E-state index contributed by atoms with van der Waals surface area (Å²) in [5.74, 6) is -0.603. The Hall–Kier alpha value is -0.690. The third-order valence-corrected chi connectivity index (χ3v) is 2.81. The summed E-state index contributed by atoms with van der Waals surface area (Å²) in [5, 5.41) is 13.0. The highest BCUT2D eigenvalue weighted by atomic mass is 16.5. The van der Waals surface area contributed by atoms with E-state index in [4.69, 9.17) is 4.74 Å². The second-order valence-electron chi connectivity index (χ2n) is 4.55. The highest BCUT2D eigenvalue weighted by Gasteiger charge is 2.35. The molecule has 0 aromatic carbocycles. The molecule has 1 fully saturated rings. The quantitative estimate of drug-likeness (QED) is 0.596. The van der Waals surface area contributed by atoms with Gasteiger partial charge in [-0.2, -0.15) is 0 Å². The molecule has 2 unspecified atom stereocenters. The van der Waals surface area contributed by atoms with Gasteiger partial charge in [0.1, 0.15) is 0 Å². The topological polar surface area (TPSA) is 71.0 Å². The summed E-state index contributed by atoms with van der Waals surface area (Å²) >= 11 is 0. The maximum absolute atomic E-state index is 11.4. The molecule has 1 aliphatic heterocycles. The van der Waals surface area contributed by atoms with Crippen LogP contribution in [0.2, 0.25) is 0 Å². The predicted octanol–water partition coefficient (Wildman–Crippen LogP) is -1.17. The molecule has 6 nitrogen and oxygen atoms in total. The largest absolute Gasteiger partial charge is 0.467 e. The van der Waals surface area contributed by atoms with Gasteiger partial charge in [-0.1, -0.05) is 0 Å². The highest BCUT2D eigenvalue weighted by Crippen LogP contribution is 2.12. The van der Waals surface area contributed by atoms with Crippen molar-refractivity contribution >= 4 is 5.97 Å². The van der Waals surface area contributed by atoms with Crippen molar-refractivity contribution in [3.05, 3.63) is 0 Å². The highest BCUT2D eigenvalue weighted by molar-refractivity contribution is 5.78. The summed E-state index contributed by atoms with van der Waals surface area (Å²) in [6, 6.07) is 0. The lowest BCUT2D eigenvalue weighted by Gasteiger charge is -2.36. The van der Waals surface area contributed by atoms with Crippen molar-refractivity contribution in [3.63, 3.8) is 0 Å². The summed E-state index contributed by atoms with van der Waals surface area (Å²) in [7, 11) is 3.15. The fourth-order valence-electron chi connectivity index (χ4n) is 2.00. The average Bonchev–Trinajstić information content (AvgIpc) is 2.28. The van der Waals surface area contributed by atoms with Crippen LogP contribution in [0.15, 0.2) is 0 Å². The molecular weight excluding hydrogens is 224 g/mol. The van der Waals surface area contributed by atoms with Crippen LogP contribution in [0.4, 0.5) is 0 Å². The van der Waals surface area contributed by atoms with E-state index in [0.29, 0.717) is 19.7 Å². The van der Waals surface area contributed by atoms with Gasteiger partial charge in [0.15, 0.2) is 5.60 Å². The molecule has 17 heavy (non-hydrogen) atoms. The zero-order valence-corrected chi connectivity index (χ0v) is 10.7. The van der Waals surface area contributed by atoms with Crippen LogP contribution in [0, 0.1) is 0 Å². The second-order valence-corrected chi connectivity index (χ2v) is 4.55.